The fourth-order valence-electron chi connectivity index (χ4n) is 5.70. The molecule has 1 aromatic carbocycles. The van der Waals surface area contributed by atoms with E-state index in [-0.39, 0.29) is 11.8 Å². The third kappa shape index (κ3) is 4.39. The summed E-state index contributed by atoms with van der Waals surface area (Å²) in [4.78, 5) is 9.40. The summed E-state index contributed by atoms with van der Waals surface area (Å²) in [5, 5.41) is 12.2. The maximum Gasteiger partial charge on any atom is 0.145 e. The molecule has 186 valence electrons. The summed E-state index contributed by atoms with van der Waals surface area (Å²) >= 11 is 0. The molecule has 0 fully saturated rings. The highest BCUT2D eigenvalue weighted by Gasteiger charge is 2.45. The predicted molar refractivity (Wildman–Crippen MR) is 142 cm³/mol. The number of rotatable bonds is 9. The third-order valence-corrected chi connectivity index (χ3v) is 7.37. The van der Waals surface area contributed by atoms with E-state index >= 15 is 0 Å². The summed E-state index contributed by atoms with van der Waals surface area (Å²) in [6, 6.07) is 18.9. The van der Waals surface area contributed by atoms with Crippen LogP contribution in [0.1, 0.15) is 67.6 Å². The van der Waals surface area contributed by atoms with Gasteiger partial charge in [0.05, 0.1) is 11.4 Å². The van der Waals surface area contributed by atoms with Crippen molar-refractivity contribution in [2.24, 2.45) is 7.05 Å². The van der Waals surface area contributed by atoms with Crippen LogP contribution in [0.5, 0.6) is 0 Å². The van der Waals surface area contributed by atoms with E-state index in [1.807, 2.05) is 43.2 Å². The SMILES string of the molecule is CCOC1(CC)Nc2ccc(-c3c(C)nnn3C)cc2C1CCC(c1ccccn1)c1ccccn1. The first-order valence-electron chi connectivity index (χ1n) is 12.8. The quantitative estimate of drug-likeness (QED) is 0.323. The molecule has 0 radical (unpaired) electrons. The third-order valence-electron chi connectivity index (χ3n) is 7.37. The number of aryl methyl sites for hydroxylation is 2. The fourth-order valence-corrected chi connectivity index (χ4v) is 5.70. The number of ether oxygens (including phenoxy) is 1. The first kappa shape index (κ1) is 24.1. The van der Waals surface area contributed by atoms with Gasteiger partial charge in [-0.3, -0.25) is 9.97 Å². The molecule has 1 N–H and O–H groups in total. The van der Waals surface area contributed by atoms with Crippen molar-refractivity contribution >= 4 is 5.69 Å². The fraction of sp³-hybridized carbons (Fsp3) is 0.379. The predicted octanol–water partition coefficient (Wildman–Crippen LogP) is 5.84. The van der Waals surface area contributed by atoms with Crippen molar-refractivity contribution in [1.82, 2.24) is 25.0 Å². The summed E-state index contributed by atoms with van der Waals surface area (Å²) in [6.45, 7) is 6.92. The first-order valence-corrected chi connectivity index (χ1v) is 12.8. The van der Waals surface area contributed by atoms with Gasteiger partial charge in [-0.2, -0.15) is 0 Å². The van der Waals surface area contributed by atoms with E-state index in [9.17, 15) is 0 Å². The van der Waals surface area contributed by atoms with Crippen LogP contribution in [0.2, 0.25) is 0 Å². The lowest BCUT2D eigenvalue weighted by molar-refractivity contribution is -0.0368. The number of anilines is 1. The number of aromatic nitrogens is 5. The average molecular weight is 483 g/mol. The highest BCUT2D eigenvalue weighted by atomic mass is 16.5. The summed E-state index contributed by atoms with van der Waals surface area (Å²) in [7, 11) is 1.94. The Morgan fingerprint density at radius 1 is 1.03 bits per heavy atom. The number of fused-ring (bicyclic) bond motifs is 1. The topological polar surface area (TPSA) is 77.8 Å². The second-order valence-electron chi connectivity index (χ2n) is 9.44. The zero-order valence-corrected chi connectivity index (χ0v) is 21.5. The van der Waals surface area contributed by atoms with Crippen LogP contribution >= 0.6 is 0 Å². The van der Waals surface area contributed by atoms with Crippen molar-refractivity contribution in [3.8, 4) is 11.3 Å². The zero-order valence-electron chi connectivity index (χ0n) is 21.5. The van der Waals surface area contributed by atoms with Crippen molar-refractivity contribution in [2.45, 2.75) is 57.6 Å². The normalized spacial score (nSPS) is 18.9. The molecule has 0 spiro atoms. The molecule has 2 unspecified atom stereocenters. The summed E-state index contributed by atoms with van der Waals surface area (Å²) in [6.07, 6.45) is 6.43. The van der Waals surface area contributed by atoms with Gasteiger partial charge in [0.1, 0.15) is 5.72 Å². The van der Waals surface area contributed by atoms with Gasteiger partial charge >= 0.3 is 0 Å². The second-order valence-corrected chi connectivity index (χ2v) is 9.44. The summed E-state index contributed by atoms with van der Waals surface area (Å²) in [5.41, 5.74) is 7.16. The van der Waals surface area contributed by atoms with Crippen LogP contribution in [0.25, 0.3) is 11.3 Å². The van der Waals surface area contributed by atoms with Gasteiger partial charge in [-0.1, -0.05) is 30.3 Å². The van der Waals surface area contributed by atoms with Crippen LogP contribution in [0.4, 0.5) is 5.69 Å². The van der Waals surface area contributed by atoms with Gasteiger partial charge in [0, 0.05) is 60.5 Å². The van der Waals surface area contributed by atoms with Gasteiger partial charge in [0.15, 0.2) is 0 Å². The molecule has 0 bridgehead atoms. The lowest BCUT2D eigenvalue weighted by Crippen LogP contribution is -2.42. The van der Waals surface area contributed by atoms with Crippen LogP contribution in [0.3, 0.4) is 0 Å². The standard InChI is InChI=1S/C29H34N6O/c1-5-29(36-6-2)24(15-14-22(25-11-7-9-17-30-25)26-12-8-10-18-31-26)23-19-21(13-16-27(23)32-29)28-20(3)33-34-35(28)4/h7-13,16-19,22,24,32H,5-6,14-15H2,1-4H3. The number of hydrogen-bond donors (Lipinski definition) is 1. The zero-order chi connectivity index (χ0) is 25.1. The molecule has 4 aromatic rings. The Morgan fingerprint density at radius 2 is 1.75 bits per heavy atom. The van der Waals surface area contributed by atoms with E-state index in [1.165, 1.54) is 5.56 Å². The van der Waals surface area contributed by atoms with Gasteiger partial charge in [0.25, 0.3) is 0 Å². The minimum atomic E-state index is -0.450. The van der Waals surface area contributed by atoms with Crippen LogP contribution in [-0.4, -0.2) is 37.3 Å². The largest absolute Gasteiger partial charge is 0.357 e. The molecule has 0 aliphatic carbocycles. The Balaban J connectivity index is 1.53. The maximum absolute atomic E-state index is 6.48. The number of hydrogen-bond acceptors (Lipinski definition) is 6. The van der Waals surface area contributed by atoms with Gasteiger partial charge < -0.3 is 10.1 Å². The van der Waals surface area contributed by atoms with E-state index in [2.05, 4.69) is 71.9 Å². The molecule has 0 saturated carbocycles. The Bertz CT molecular complexity index is 1250. The highest BCUT2D eigenvalue weighted by molar-refractivity contribution is 5.71. The van der Waals surface area contributed by atoms with Crippen LogP contribution in [0.15, 0.2) is 67.0 Å². The van der Waals surface area contributed by atoms with Crippen molar-refractivity contribution in [2.75, 3.05) is 11.9 Å². The summed E-state index contributed by atoms with van der Waals surface area (Å²) in [5.74, 6) is 0.285. The number of nitrogens with zero attached hydrogens (tertiary/aromatic N) is 5. The maximum atomic E-state index is 6.48. The van der Waals surface area contributed by atoms with Crippen molar-refractivity contribution in [3.05, 3.63) is 89.6 Å². The van der Waals surface area contributed by atoms with Gasteiger partial charge in [-0.25, -0.2) is 4.68 Å². The molecule has 0 amide bonds. The highest BCUT2D eigenvalue weighted by Crippen LogP contribution is 2.50. The molecule has 7 heteroatoms. The average Bonchev–Trinajstić information content (AvgIpc) is 3.41. The molecular formula is C29H34N6O. The molecule has 7 nitrogen and oxygen atoms in total. The Morgan fingerprint density at radius 3 is 2.31 bits per heavy atom. The number of pyridine rings is 2. The van der Waals surface area contributed by atoms with Crippen molar-refractivity contribution in [3.63, 3.8) is 0 Å². The first-order chi connectivity index (χ1) is 17.6. The molecule has 2 atom stereocenters. The van der Waals surface area contributed by atoms with E-state index in [0.29, 0.717) is 6.61 Å². The van der Waals surface area contributed by atoms with Gasteiger partial charge in [0.2, 0.25) is 0 Å². The number of nitrogens with one attached hydrogen (secondary N) is 1. The monoisotopic (exact) mass is 482 g/mol. The molecule has 5 rings (SSSR count). The van der Waals surface area contributed by atoms with E-state index in [4.69, 9.17) is 14.7 Å². The number of benzene rings is 1. The molecule has 36 heavy (non-hydrogen) atoms. The molecule has 1 aliphatic rings. The van der Waals surface area contributed by atoms with E-state index in [0.717, 1.165) is 53.3 Å². The lowest BCUT2D eigenvalue weighted by atomic mass is 9.82. The lowest BCUT2D eigenvalue weighted by Gasteiger charge is -2.36. The van der Waals surface area contributed by atoms with Crippen molar-refractivity contribution < 1.29 is 4.74 Å². The van der Waals surface area contributed by atoms with Gasteiger partial charge in [-0.05, 0) is 75.1 Å². The summed E-state index contributed by atoms with van der Waals surface area (Å²) < 4.78 is 8.33. The van der Waals surface area contributed by atoms with E-state index in [1.54, 1.807) is 0 Å². The van der Waals surface area contributed by atoms with Crippen LogP contribution in [0, 0.1) is 6.92 Å². The van der Waals surface area contributed by atoms with Crippen LogP contribution < -0.4 is 5.32 Å². The molecule has 3 aromatic heterocycles. The second kappa shape index (κ2) is 10.2. The molecule has 1 aliphatic heterocycles. The van der Waals surface area contributed by atoms with E-state index < -0.39 is 5.72 Å². The smallest absolute Gasteiger partial charge is 0.145 e. The Hall–Kier alpha value is -3.58. The Labute approximate surface area is 213 Å². The molecule has 0 saturated heterocycles. The van der Waals surface area contributed by atoms with Gasteiger partial charge in [-0.15, -0.1) is 5.10 Å². The van der Waals surface area contributed by atoms with Crippen LogP contribution in [-0.2, 0) is 11.8 Å². The minimum Gasteiger partial charge on any atom is -0.357 e. The van der Waals surface area contributed by atoms with Crippen molar-refractivity contribution in [1.29, 1.82) is 0 Å². The Kier molecular flexibility index (Phi) is 6.83. The molecular weight excluding hydrogens is 448 g/mol. The minimum absolute atomic E-state index is 0.110. The molecule has 4 heterocycles.